The smallest absolute Gasteiger partial charge is 0.462 e. The van der Waals surface area contributed by atoms with Gasteiger partial charge in [-0.15, -0.1) is 0 Å². The van der Waals surface area contributed by atoms with E-state index in [0.717, 1.165) is 0 Å². The number of benzene rings is 1. The van der Waals surface area contributed by atoms with E-state index >= 15 is 0 Å². The first kappa shape index (κ1) is 21.3. The molecule has 136 valence electrons. The van der Waals surface area contributed by atoms with Crippen molar-refractivity contribution in [3.8, 4) is 5.75 Å². The topological polar surface area (TPSA) is 33.6 Å². The fourth-order valence-corrected chi connectivity index (χ4v) is 3.14. The molecule has 0 unspecified atom stereocenters. The Morgan fingerprint density at radius 2 is 1.79 bits per heavy atom. The van der Waals surface area contributed by atoms with E-state index < -0.39 is 18.1 Å². The second-order valence-corrected chi connectivity index (χ2v) is 6.28. The summed E-state index contributed by atoms with van der Waals surface area (Å²) in [4.78, 5) is 0. The maximum Gasteiger partial charge on any atom is 0.462 e. The van der Waals surface area contributed by atoms with Crippen LogP contribution < -0.4 is 10.2 Å². The molecular formula is C12H9BrF7IN2O. The number of hydrogen-bond acceptors (Lipinski definition) is 3. The van der Waals surface area contributed by atoms with Gasteiger partial charge in [-0.3, -0.25) is 0 Å². The van der Waals surface area contributed by atoms with Crippen LogP contribution in [0.5, 0.6) is 5.75 Å². The molecule has 0 aliphatic carbocycles. The zero-order valence-electron chi connectivity index (χ0n) is 11.7. The van der Waals surface area contributed by atoms with Crippen molar-refractivity contribution in [2.75, 3.05) is 6.61 Å². The number of halogens is 9. The minimum atomic E-state index is -6.42. The van der Waals surface area contributed by atoms with Crippen molar-refractivity contribution < 1.29 is 35.5 Å². The molecule has 1 aromatic carbocycles. The highest BCUT2D eigenvalue weighted by molar-refractivity contribution is 14.1. The quantitative estimate of drug-likeness (QED) is 0.179. The number of nitrogens with zero attached hydrogens (tertiary/aromatic N) is 1. The average Bonchev–Trinajstić information content (AvgIpc) is 2.41. The summed E-state index contributed by atoms with van der Waals surface area (Å²) in [6.45, 7) is 2.10. The van der Waals surface area contributed by atoms with Gasteiger partial charge in [0.25, 0.3) is 0 Å². The Morgan fingerprint density at radius 3 is 2.25 bits per heavy atom. The molecule has 3 nitrogen and oxygen atoms in total. The molecule has 0 bridgehead atoms. The number of ether oxygens (including phenoxy) is 1. The summed E-state index contributed by atoms with van der Waals surface area (Å²) in [6.07, 6.45) is -5.74. The molecule has 0 saturated carbocycles. The zero-order valence-corrected chi connectivity index (χ0v) is 15.4. The zero-order chi connectivity index (χ0) is 18.8. The normalized spacial score (nSPS) is 13.4. The van der Waals surface area contributed by atoms with E-state index in [9.17, 15) is 30.7 Å². The highest BCUT2D eigenvalue weighted by atomic mass is 127. The molecule has 1 aromatic rings. The number of alkyl halides is 7. The first-order chi connectivity index (χ1) is 10.8. The summed E-state index contributed by atoms with van der Waals surface area (Å²) in [5.74, 6) is -5.80. The Hall–Kier alpha value is -0.790. The third-order valence-corrected chi connectivity index (χ3v) is 3.87. The standard InChI is InChI=1S/C12H9BrF7IN2O/c1-2-24-9-7(13)3-6(4-8(9)21)5-22-23-12(19,20)10(14,15)11(16,17)18/h3-5,23H,2H2,1H3/b22-5+. The van der Waals surface area contributed by atoms with Crippen LogP contribution in [0.3, 0.4) is 0 Å². The van der Waals surface area contributed by atoms with Gasteiger partial charge in [0.1, 0.15) is 5.75 Å². The second kappa shape index (κ2) is 7.62. The van der Waals surface area contributed by atoms with Crippen LogP contribution >= 0.6 is 38.5 Å². The lowest BCUT2D eigenvalue weighted by molar-refractivity contribution is -0.361. The lowest BCUT2D eigenvalue weighted by Gasteiger charge is -2.27. The predicted molar refractivity (Wildman–Crippen MR) is 84.7 cm³/mol. The van der Waals surface area contributed by atoms with Crippen molar-refractivity contribution in [3.63, 3.8) is 0 Å². The average molecular weight is 537 g/mol. The molecule has 0 aromatic heterocycles. The van der Waals surface area contributed by atoms with Gasteiger partial charge in [-0.1, -0.05) is 0 Å². The Kier molecular flexibility index (Phi) is 6.75. The van der Waals surface area contributed by atoms with Crippen LogP contribution in [0.4, 0.5) is 30.7 Å². The second-order valence-electron chi connectivity index (χ2n) is 4.26. The summed E-state index contributed by atoms with van der Waals surface area (Å²) < 4.78 is 93.5. The van der Waals surface area contributed by atoms with Gasteiger partial charge in [0, 0.05) is 0 Å². The number of hydrazone groups is 1. The molecule has 0 amide bonds. The molecule has 0 aliphatic rings. The Labute approximate surface area is 153 Å². The Morgan fingerprint density at radius 1 is 1.21 bits per heavy atom. The number of hydrogen-bond donors (Lipinski definition) is 1. The molecule has 0 radical (unpaired) electrons. The molecule has 0 atom stereocenters. The maximum atomic E-state index is 13.0. The molecule has 1 rings (SSSR count). The van der Waals surface area contributed by atoms with Gasteiger partial charge < -0.3 is 4.74 Å². The lowest BCUT2D eigenvalue weighted by Crippen LogP contribution is -2.58. The molecule has 0 fully saturated rings. The number of rotatable bonds is 6. The Balaban J connectivity index is 2.95. The van der Waals surface area contributed by atoms with Crippen LogP contribution in [0.2, 0.25) is 0 Å². The van der Waals surface area contributed by atoms with Crippen LogP contribution in [-0.4, -0.2) is 31.0 Å². The fourth-order valence-electron chi connectivity index (χ4n) is 1.37. The summed E-state index contributed by atoms with van der Waals surface area (Å²) in [5, 5.41) is 2.78. The van der Waals surface area contributed by atoms with Crippen LogP contribution in [0.15, 0.2) is 21.7 Å². The van der Waals surface area contributed by atoms with E-state index in [-0.39, 0.29) is 5.56 Å². The SMILES string of the molecule is CCOc1c(Br)cc(/C=N/NC(F)(F)C(F)(F)C(F)(F)F)cc1I. The summed E-state index contributed by atoms with van der Waals surface area (Å²) >= 11 is 5.03. The van der Waals surface area contributed by atoms with E-state index in [0.29, 0.717) is 32.0 Å². The number of nitrogens with one attached hydrogen (secondary N) is 1. The van der Waals surface area contributed by atoms with Crippen molar-refractivity contribution in [1.29, 1.82) is 0 Å². The van der Waals surface area contributed by atoms with Crippen LogP contribution in [-0.2, 0) is 0 Å². The minimum absolute atomic E-state index is 0.174. The van der Waals surface area contributed by atoms with Crippen LogP contribution in [0.25, 0.3) is 0 Å². The van der Waals surface area contributed by atoms with Crippen LogP contribution in [0.1, 0.15) is 12.5 Å². The van der Waals surface area contributed by atoms with E-state index in [2.05, 4.69) is 21.0 Å². The van der Waals surface area contributed by atoms with Gasteiger partial charge in [-0.25, -0.2) is 5.43 Å². The van der Waals surface area contributed by atoms with Gasteiger partial charge >= 0.3 is 18.1 Å². The van der Waals surface area contributed by atoms with E-state index in [1.165, 1.54) is 12.1 Å². The summed E-state index contributed by atoms with van der Waals surface area (Å²) in [7, 11) is 0. The molecule has 0 heterocycles. The van der Waals surface area contributed by atoms with Gasteiger partial charge in [-0.2, -0.15) is 35.8 Å². The van der Waals surface area contributed by atoms with Crippen molar-refractivity contribution >= 4 is 44.7 Å². The van der Waals surface area contributed by atoms with Crippen molar-refractivity contribution in [3.05, 3.63) is 25.7 Å². The lowest BCUT2D eigenvalue weighted by atomic mass is 10.2. The third-order valence-electron chi connectivity index (χ3n) is 2.48. The van der Waals surface area contributed by atoms with Crippen molar-refractivity contribution in [2.45, 2.75) is 25.1 Å². The van der Waals surface area contributed by atoms with Crippen LogP contribution in [0, 0.1) is 3.57 Å². The van der Waals surface area contributed by atoms with Gasteiger partial charge in [0.15, 0.2) is 0 Å². The van der Waals surface area contributed by atoms with Crippen molar-refractivity contribution in [1.82, 2.24) is 5.43 Å². The Bertz CT molecular complexity index is 599. The van der Waals surface area contributed by atoms with Gasteiger partial charge in [-0.05, 0) is 63.1 Å². The molecule has 0 aliphatic heterocycles. The van der Waals surface area contributed by atoms with E-state index in [1.807, 2.05) is 22.6 Å². The largest absolute Gasteiger partial charge is 0.492 e. The third kappa shape index (κ3) is 4.64. The molecular weight excluding hydrogens is 528 g/mol. The summed E-state index contributed by atoms with van der Waals surface area (Å²) in [5.41, 5.74) is 0.725. The van der Waals surface area contributed by atoms with Gasteiger partial charge in [0.05, 0.1) is 20.9 Å². The summed E-state index contributed by atoms with van der Waals surface area (Å²) in [6, 6.07) is -2.81. The van der Waals surface area contributed by atoms with E-state index in [1.54, 1.807) is 6.92 Å². The molecule has 24 heavy (non-hydrogen) atoms. The predicted octanol–water partition coefficient (Wildman–Crippen LogP) is 5.17. The first-order valence-electron chi connectivity index (χ1n) is 6.08. The fraction of sp³-hybridized carbons (Fsp3) is 0.417. The highest BCUT2D eigenvalue weighted by Crippen LogP contribution is 2.45. The highest BCUT2D eigenvalue weighted by Gasteiger charge is 2.73. The maximum absolute atomic E-state index is 13.0. The molecule has 1 N–H and O–H groups in total. The first-order valence-corrected chi connectivity index (χ1v) is 7.95. The van der Waals surface area contributed by atoms with Gasteiger partial charge in [0.2, 0.25) is 0 Å². The van der Waals surface area contributed by atoms with Crippen molar-refractivity contribution in [2.24, 2.45) is 5.10 Å². The molecule has 12 heteroatoms. The monoisotopic (exact) mass is 536 g/mol. The van der Waals surface area contributed by atoms with E-state index in [4.69, 9.17) is 4.74 Å². The molecule has 0 spiro atoms. The minimum Gasteiger partial charge on any atom is -0.492 e. The molecule has 0 saturated heterocycles.